The molecule has 8 heteroatoms. The molecule has 24 heavy (non-hydrogen) atoms. The molecule has 0 unspecified atom stereocenters. The van der Waals surface area contributed by atoms with Crippen LogP contribution in [0.4, 0.5) is 13.2 Å². The van der Waals surface area contributed by atoms with Crippen LogP contribution in [0.1, 0.15) is 24.9 Å². The van der Waals surface area contributed by atoms with Gasteiger partial charge in [-0.25, -0.2) is 0 Å². The number of alkyl halides is 3. The average molecular weight is 357 g/mol. The number of thiophene rings is 1. The molecule has 0 bridgehead atoms. The Morgan fingerprint density at radius 3 is 2.21 bits per heavy atom. The summed E-state index contributed by atoms with van der Waals surface area (Å²) in [5.41, 5.74) is 0.842. The van der Waals surface area contributed by atoms with Crippen molar-refractivity contribution < 1.29 is 27.5 Å². The molecule has 2 aromatic rings. The van der Waals surface area contributed by atoms with Gasteiger partial charge in [-0.2, -0.15) is 13.2 Å². The third-order valence-electron chi connectivity index (χ3n) is 3.22. The summed E-state index contributed by atoms with van der Waals surface area (Å²) in [4.78, 5) is 24.4. The van der Waals surface area contributed by atoms with Crippen molar-refractivity contribution in [2.75, 3.05) is 14.2 Å². The first-order chi connectivity index (χ1) is 11.2. The van der Waals surface area contributed by atoms with Crippen LogP contribution in [0.3, 0.4) is 0 Å². The molecule has 1 aromatic carbocycles. The monoisotopic (exact) mass is 357 g/mol. The fraction of sp³-hybridized carbons (Fsp3) is 0.250. The lowest BCUT2D eigenvalue weighted by molar-refractivity contribution is -0.0882. The van der Waals surface area contributed by atoms with E-state index in [1.54, 1.807) is 31.4 Å². The van der Waals surface area contributed by atoms with Gasteiger partial charge in [0, 0.05) is 13.6 Å². The van der Waals surface area contributed by atoms with E-state index < -0.39 is 22.7 Å². The topological polar surface area (TPSA) is 46.6 Å². The van der Waals surface area contributed by atoms with E-state index in [0.717, 1.165) is 11.6 Å². The highest BCUT2D eigenvalue weighted by molar-refractivity contribution is 7.16. The van der Waals surface area contributed by atoms with Crippen LogP contribution in [0.2, 0.25) is 0 Å². The van der Waals surface area contributed by atoms with Gasteiger partial charge in [0.2, 0.25) is 0 Å². The summed E-state index contributed by atoms with van der Waals surface area (Å²) in [5, 5.41) is 0. The summed E-state index contributed by atoms with van der Waals surface area (Å²) in [6, 6.07) is 9.33. The molecule has 0 spiro atoms. The predicted octanol–water partition coefficient (Wildman–Crippen LogP) is 3.77. The number of benzene rings is 1. The molecular weight excluding hydrogens is 343 g/mol. The number of halogens is 3. The fourth-order valence-electron chi connectivity index (χ4n) is 1.98. The van der Waals surface area contributed by atoms with Crippen molar-refractivity contribution in [2.24, 2.45) is 0 Å². The van der Waals surface area contributed by atoms with E-state index in [-0.39, 0.29) is 11.4 Å². The van der Waals surface area contributed by atoms with E-state index in [1.807, 2.05) is 0 Å². The minimum atomic E-state index is -4.94. The van der Waals surface area contributed by atoms with Gasteiger partial charge in [-0.15, -0.1) is 11.3 Å². The summed E-state index contributed by atoms with van der Waals surface area (Å²) >= 11 is 0.540. The smallest absolute Gasteiger partial charge is 0.455 e. The SMILES string of the molecule is COc1ccc(CN(C)C(=O)c2ccc(C(=O)C(F)(F)F)s2)cc1. The zero-order valence-corrected chi connectivity index (χ0v) is 13.7. The van der Waals surface area contributed by atoms with E-state index >= 15 is 0 Å². The van der Waals surface area contributed by atoms with Crippen molar-refractivity contribution in [3.05, 3.63) is 51.7 Å². The molecule has 4 nitrogen and oxygen atoms in total. The minimum Gasteiger partial charge on any atom is -0.497 e. The van der Waals surface area contributed by atoms with Crippen LogP contribution in [0.25, 0.3) is 0 Å². The van der Waals surface area contributed by atoms with Gasteiger partial charge in [0.05, 0.1) is 16.9 Å². The Morgan fingerprint density at radius 2 is 1.67 bits per heavy atom. The maximum atomic E-state index is 12.4. The van der Waals surface area contributed by atoms with E-state index in [2.05, 4.69) is 0 Å². The lowest BCUT2D eigenvalue weighted by Crippen LogP contribution is -2.25. The second kappa shape index (κ2) is 7.04. The van der Waals surface area contributed by atoms with Gasteiger partial charge in [0.25, 0.3) is 11.7 Å². The molecule has 0 aliphatic rings. The summed E-state index contributed by atoms with van der Waals surface area (Å²) in [6.07, 6.45) is -4.94. The molecule has 0 saturated heterocycles. The fourth-order valence-corrected chi connectivity index (χ4v) is 2.94. The van der Waals surface area contributed by atoms with Crippen molar-refractivity contribution in [2.45, 2.75) is 12.7 Å². The Kier molecular flexibility index (Phi) is 5.28. The van der Waals surface area contributed by atoms with Crippen LogP contribution in [-0.2, 0) is 6.54 Å². The number of amides is 1. The number of hydrogen-bond donors (Lipinski definition) is 0. The van der Waals surface area contributed by atoms with Crippen LogP contribution in [-0.4, -0.2) is 36.9 Å². The van der Waals surface area contributed by atoms with Crippen molar-refractivity contribution in [1.29, 1.82) is 0 Å². The number of nitrogens with zero attached hydrogens (tertiary/aromatic N) is 1. The normalized spacial score (nSPS) is 11.2. The highest BCUT2D eigenvalue weighted by Gasteiger charge is 2.40. The largest absolute Gasteiger partial charge is 0.497 e. The Bertz CT molecular complexity index is 738. The second-order valence-corrected chi connectivity index (χ2v) is 6.08. The number of carbonyl (C=O) groups excluding carboxylic acids is 2. The Balaban J connectivity index is 2.08. The number of hydrogen-bond acceptors (Lipinski definition) is 4. The number of carbonyl (C=O) groups is 2. The quantitative estimate of drug-likeness (QED) is 0.765. The number of Topliss-reactive ketones (excluding diaryl/α,β-unsaturated/α-hetero) is 1. The third-order valence-corrected chi connectivity index (χ3v) is 4.30. The van der Waals surface area contributed by atoms with E-state index in [0.29, 0.717) is 17.1 Å². The molecule has 0 aliphatic heterocycles. The lowest BCUT2D eigenvalue weighted by Gasteiger charge is -2.16. The molecule has 1 amide bonds. The van der Waals surface area contributed by atoms with Gasteiger partial charge in [-0.1, -0.05) is 12.1 Å². The minimum absolute atomic E-state index is 0.0820. The molecular formula is C16H14F3NO3S. The van der Waals surface area contributed by atoms with Crippen LogP contribution in [0.15, 0.2) is 36.4 Å². The van der Waals surface area contributed by atoms with Gasteiger partial charge >= 0.3 is 6.18 Å². The Labute approximate surface area is 140 Å². The Morgan fingerprint density at radius 1 is 1.08 bits per heavy atom. The number of ether oxygens (including phenoxy) is 1. The van der Waals surface area contributed by atoms with Crippen LogP contribution in [0.5, 0.6) is 5.75 Å². The molecule has 1 heterocycles. The van der Waals surface area contributed by atoms with Crippen LogP contribution < -0.4 is 4.74 Å². The van der Waals surface area contributed by atoms with E-state index in [4.69, 9.17) is 4.74 Å². The van der Waals surface area contributed by atoms with Gasteiger partial charge in [-0.05, 0) is 29.8 Å². The zero-order chi connectivity index (χ0) is 17.9. The lowest BCUT2D eigenvalue weighted by atomic mass is 10.2. The molecule has 128 valence electrons. The average Bonchev–Trinajstić information content (AvgIpc) is 3.02. The first-order valence-electron chi connectivity index (χ1n) is 6.82. The van der Waals surface area contributed by atoms with Crippen molar-refractivity contribution in [3.8, 4) is 5.75 Å². The highest BCUT2D eigenvalue weighted by atomic mass is 32.1. The van der Waals surface area contributed by atoms with Gasteiger partial charge in [-0.3, -0.25) is 9.59 Å². The molecule has 0 aliphatic carbocycles. The molecule has 0 radical (unpaired) electrons. The Hall–Kier alpha value is -2.35. The molecule has 0 atom stereocenters. The maximum absolute atomic E-state index is 12.4. The standard InChI is InChI=1S/C16H14F3NO3S/c1-20(9-10-3-5-11(23-2)6-4-10)15(22)13-8-7-12(24-13)14(21)16(17,18)19/h3-8H,9H2,1-2H3. The third kappa shape index (κ3) is 4.14. The van der Waals surface area contributed by atoms with Gasteiger partial charge in [0.15, 0.2) is 0 Å². The number of rotatable bonds is 5. The zero-order valence-electron chi connectivity index (χ0n) is 12.9. The second-order valence-electron chi connectivity index (χ2n) is 5.00. The molecule has 2 rings (SSSR count). The van der Waals surface area contributed by atoms with Crippen LogP contribution >= 0.6 is 11.3 Å². The van der Waals surface area contributed by atoms with E-state index in [1.165, 1.54) is 18.0 Å². The number of methoxy groups -OCH3 is 1. The highest BCUT2D eigenvalue weighted by Crippen LogP contribution is 2.27. The summed E-state index contributed by atoms with van der Waals surface area (Å²) in [5.74, 6) is -1.71. The molecule has 0 saturated carbocycles. The molecule has 0 N–H and O–H groups in total. The summed E-state index contributed by atoms with van der Waals surface area (Å²) in [7, 11) is 3.08. The van der Waals surface area contributed by atoms with Crippen LogP contribution in [0, 0.1) is 0 Å². The first kappa shape index (κ1) is 18.0. The van der Waals surface area contributed by atoms with Crippen molar-refractivity contribution in [1.82, 2.24) is 4.90 Å². The molecule has 1 aromatic heterocycles. The summed E-state index contributed by atoms with van der Waals surface area (Å²) in [6.45, 7) is 0.281. The van der Waals surface area contributed by atoms with Crippen molar-refractivity contribution in [3.63, 3.8) is 0 Å². The van der Waals surface area contributed by atoms with E-state index in [9.17, 15) is 22.8 Å². The van der Waals surface area contributed by atoms with Gasteiger partial charge in [0.1, 0.15) is 5.75 Å². The first-order valence-corrected chi connectivity index (χ1v) is 7.63. The van der Waals surface area contributed by atoms with Gasteiger partial charge < -0.3 is 9.64 Å². The maximum Gasteiger partial charge on any atom is 0.455 e. The predicted molar refractivity (Wildman–Crippen MR) is 83.5 cm³/mol. The van der Waals surface area contributed by atoms with Crippen molar-refractivity contribution >= 4 is 23.0 Å². The molecule has 0 fully saturated rings. The summed E-state index contributed by atoms with van der Waals surface area (Å²) < 4.78 is 42.3. The number of ketones is 1.